The van der Waals surface area contributed by atoms with Crippen molar-refractivity contribution in [2.24, 2.45) is 0 Å². The molecule has 0 fully saturated rings. The van der Waals surface area contributed by atoms with Gasteiger partial charge in [-0.1, -0.05) is 61.9 Å². The van der Waals surface area contributed by atoms with Gasteiger partial charge in [0.1, 0.15) is 10.7 Å². The number of hydrogen-bond donors (Lipinski definition) is 1. The van der Waals surface area contributed by atoms with E-state index >= 15 is 0 Å². The molecule has 0 aliphatic heterocycles. The van der Waals surface area contributed by atoms with E-state index in [1.54, 1.807) is 11.3 Å². The van der Waals surface area contributed by atoms with Gasteiger partial charge in [-0.25, -0.2) is 10.1 Å². The lowest BCUT2D eigenvalue weighted by Gasteiger charge is -2.13. The number of fused-ring (bicyclic) bond motifs is 1. The van der Waals surface area contributed by atoms with Crippen LogP contribution >= 0.6 is 11.3 Å². The third kappa shape index (κ3) is 4.09. The maximum absolute atomic E-state index is 13.4. The van der Waals surface area contributed by atoms with Crippen molar-refractivity contribution in [1.29, 1.82) is 0 Å². The summed E-state index contributed by atoms with van der Waals surface area (Å²) < 4.78 is 1.85. The maximum Gasteiger partial charge on any atom is 0.262 e. The SMILES string of the molecule is CCCCc1nc2scc(C)c2c(=O)n1Cc1ccc(-c2ccccc2-c2nnn[nH]2)cc1. The number of benzene rings is 2. The zero-order valence-electron chi connectivity index (χ0n) is 18.6. The van der Waals surface area contributed by atoms with Crippen LogP contribution in [0.15, 0.2) is 58.7 Å². The summed E-state index contributed by atoms with van der Waals surface area (Å²) in [6, 6.07) is 16.3. The molecule has 33 heavy (non-hydrogen) atoms. The third-order valence-corrected chi connectivity index (χ3v) is 6.83. The molecule has 5 aromatic rings. The first kappa shape index (κ1) is 21.2. The van der Waals surface area contributed by atoms with Crippen molar-refractivity contribution < 1.29 is 0 Å². The number of unbranched alkanes of at least 4 members (excludes halogenated alkanes) is 1. The van der Waals surface area contributed by atoms with E-state index in [-0.39, 0.29) is 5.56 Å². The van der Waals surface area contributed by atoms with Gasteiger partial charge in [0.2, 0.25) is 0 Å². The molecule has 0 unspecified atom stereocenters. The molecule has 0 spiro atoms. The molecule has 0 radical (unpaired) electrons. The molecule has 166 valence electrons. The molecular formula is C25H24N6OS. The number of aromatic amines is 1. The van der Waals surface area contributed by atoms with Crippen molar-refractivity contribution in [2.45, 2.75) is 39.7 Å². The van der Waals surface area contributed by atoms with Gasteiger partial charge in [0.05, 0.1) is 11.9 Å². The number of tetrazole rings is 1. The Labute approximate surface area is 195 Å². The van der Waals surface area contributed by atoms with Gasteiger partial charge in [-0.2, -0.15) is 0 Å². The molecule has 3 aromatic heterocycles. The molecule has 1 N–H and O–H groups in total. The number of thiophene rings is 1. The van der Waals surface area contributed by atoms with E-state index in [0.29, 0.717) is 12.4 Å². The Morgan fingerprint density at radius 2 is 1.85 bits per heavy atom. The molecular weight excluding hydrogens is 432 g/mol. The molecule has 0 saturated heterocycles. The van der Waals surface area contributed by atoms with Gasteiger partial charge in [-0.15, -0.1) is 16.4 Å². The summed E-state index contributed by atoms with van der Waals surface area (Å²) in [6.07, 6.45) is 2.87. The van der Waals surface area contributed by atoms with Gasteiger partial charge in [0.15, 0.2) is 5.82 Å². The largest absolute Gasteiger partial charge is 0.292 e. The molecule has 3 heterocycles. The summed E-state index contributed by atoms with van der Waals surface area (Å²) in [5.74, 6) is 1.50. The van der Waals surface area contributed by atoms with E-state index in [1.165, 1.54) is 0 Å². The van der Waals surface area contributed by atoms with Crippen LogP contribution in [0.2, 0.25) is 0 Å². The zero-order chi connectivity index (χ0) is 22.8. The Morgan fingerprint density at radius 3 is 2.58 bits per heavy atom. The van der Waals surface area contributed by atoms with Crippen molar-refractivity contribution in [2.75, 3.05) is 0 Å². The highest BCUT2D eigenvalue weighted by molar-refractivity contribution is 7.16. The van der Waals surface area contributed by atoms with E-state index in [2.05, 4.69) is 57.9 Å². The second-order valence-corrected chi connectivity index (χ2v) is 8.97. The fourth-order valence-electron chi connectivity index (χ4n) is 4.08. The first-order valence-corrected chi connectivity index (χ1v) is 11.9. The summed E-state index contributed by atoms with van der Waals surface area (Å²) in [5.41, 5.74) is 5.16. The van der Waals surface area contributed by atoms with Crippen molar-refractivity contribution in [3.63, 3.8) is 0 Å². The van der Waals surface area contributed by atoms with Crippen LogP contribution in [0.4, 0.5) is 0 Å². The highest BCUT2D eigenvalue weighted by Gasteiger charge is 2.15. The smallest absolute Gasteiger partial charge is 0.262 e. The number of H-pyrrole nitrogens is 1. The van der Waals surface area contributed by atoms with Gasteiger partial charge >= 0.3 is 0 Å². The Balaban J connectivity index is 1.50. The lowest BCUT2D eigenvalue weighted by molar-refractivity contribution is 0.647. The summed E-state index contributed by atoms with van der Waals surface area (Å²) in [4.78, 5) is 19.1. The Hall–Kier alpha value is -3.65. The van der Waals surface area contributed by atoms with Crippen molar-refractivity contribution in [3.05, 3.63) is 81.2 Å². The standard InChI is InChI=1S/C25H24N6OS/c1-3-4-9-21-26-24-22(16(2)15-33-24)25(32)31(21)14-17-10-12-18(13-11-17)19-7-5-6-8-20(19)23-27-29-30-28-23/h5-8,10-13,15H,3-4,9,14H2,1-2H3,(H,27,28,29,30). The van der Waals surface area contributed by atoms with Crippen LogP contribution in [0.3, 0.4) is 0 Å². The van der Waals surface area contributed by atoms with Gasteiger partial charge in [0, 0.05) is 12.0 Å². The van der Waals surface area contributed by atoms with Crippen LogP contribution in [0.1, 0.15) is 36.7 Å². The van der Waals surface area contributed by atoms with E-state index in [0.717, 1.165) is 63.1 Å². The Morgan fingerprint density at radius 1 is 1.06 bits per heavy atom. The number of rotatable bonds is 7. The average molecular weight is 457 g/mol. The van der Waals surface area contributed by atoms with Crippen LogP contribution in [0.5, 0.6) is 0 Å². The maximum atomic E-state index is 13.4. The highest BCUT2D eigenvalue weighted by Crippen LogP contribution is 2.30. The summed E-state index contributed by atoms with van der Waals surface area (Å²) >= 11 is 1.55. The first-order valence-electron chi connectivity index (χ1n) is 11.1. The predicted octanol–water partition coefficient (Wildman–Crippen LogP) is 5.00. The van der Waals surface area contributed by atoms with Crippen molar-refractivity contribution in [1.82, 2.24) is 30.2 Å². The Bertz CT molecular complexity index is 1450. The number of hydrogen-bond acceptors (Lipinski definition) is 6. The molecule has 0 bridgehead atoms. The van der Waals surface area contributed by atoms with Gasteiger partial charge in [-0.3, -0.25) is 9.36 Å². The molecule has 2 aromatic carbocycles. The van der Waals surface area contributed by atoms with Crippen LogP contribution in [-0.4, -0.2) is 30.2 Å². The molecule has 0 aliphatic carbocycles. The normalized spacial score (nSPS) is 11.3. The summed E-state index contributed by atoms with van der Waals surface area (Å²) in [5, 5.41) is 17.0. The van der Waals surface area contributed by atoms with E-state index in [4.69, 9.17) is 4.98 Å². The Kier molecular flexibility index (Phi) is 5.83. The molecule has 0 amide bonds. The second-order valence-electron chi connectivity index (χ2n) is 8.11. The minimum absolute atomic E-state index is 0.0529. The molecule has 0 saturated carbocycles. The van der Waals surface area contributed by atoms with E-state index in [9.17, 15) is 4.79 Å². The number of nitrogens with zero attached hydrogens (tertiary/aromatic N) is 5. The van der Waals surface area contributed by atoms with E-state index < -0.39 is 0 Å². The van der Waals surface area contributed by atoms with Gasteiger partial charge in [0.25, 0.3) is 5.56 Å². The minimum atomic E-state index is 0.0529. The number of aromatic nitrogens is 6. The lowest BCUT2D eigenvalue weighted by atomic mass is 9.98. The highest BCUT2D eigenvalue weighted by atomic mass is 32.1. The molecule has 8 heteroatoms. The number of nitrogens with one attached hydrogen (secondary N) is 1. The van der Waals surface area contributed by atoms with E-state index in [1.807, 2.05) is 35.1 Å². The first-order chi connectivity index (χ1) is 16.2. The minimum Gasteiger partial charge on any atom is -0.292 e. The van der Waals surface area contributed by atoms with Crippen LogP contribution in [-0.2, 0) is 13.0 Å². The second kappa shape index (κ2) is 9.07. The monoisotopic (exact) mass is 456 g/mol. The molecule has 0 aliphatic rings. The topological polar surface area (TPSA) is 89.3 Å². The molecule has 0 atom stereocenters. The summed E-state index contributed by atoms with van der Waals surface area (Å²) in [7, 11) is 0. The number of aryl methyl sites for hydroxylation is 2. The quantitative estimate of drug-likeness (QED) is 0.372. The average Bonchev–Trinajstić information content (AvgIpc) is 3.50. The van der Waals surface area contributed by atoms with Crippen molar-refractivity contribution in [3.8, 4) is 22.5 Å². The van der Waals surface area contributed by atoms with Gasteiger partial charge in [-0.05, 0) is 51.4 Å². The fraction of sp³-hybridized carbons (Fsp3) is 0.240. The van der Waals surface area contributed by atoms with Crippen LogP contribution in [0.25, 0.3) is 32.7 Å². The van der Waals surface area contributed by atoms with Crippen molar-refractivity contribution >= 4 is 21.6 Å². The lowest BCUT2D eigenvalue weighted by Crippen LogP contribution is -2.26. The zero-order valence-corrected chi connectivity index (χ0v) is 19.4. The van der Waals surface area contributed by atoms with Crippen LogP contribution in [0, 0.1) is 6.92 Å². The van der Waals surface area contributed by atoms with Gasteiger partial charge < -0.3 is 0 Å². The third-order valence-electron chi connectivity index (χ3n) is 5.84. The fourth-order valence-corrected chi connectivity index (χ4v) is 5.01. The predicted molar refractivity (Wildman–Crippen MR) is 131 cm³/mol. The molecule has 7 nitrogen and oxygen atoms in total. The molecule has 5 rings (SSSR count). The summed E-state index contributed by atoms with van der Waals surface area (Å²) in [6.45, 7) is 4.64. The van der Waals surface area contributed by atoms with Crippen LogP contribution < -0.4 is 5.56 Å².